The van der Waals surface area contributed by atoms with E-state index in [0.717, 1.165) is 78.7 Å². The molecule has 33 heavy (non-hydrogen) atoms. The summed E-state index contributed by atoms with van der Waals surface area (Å²) >= 11 is 0. The predicted molar refractivity (Wildman–Crippen MR) is 130 cm³/mol. The molecule has 0 unspecified atom stereocenters. The average Bonchev–Trinajstić information content (AvgIpc) is 3.39. The third-order valence-corrected chi connectivity index (χ3v) is 7.41. The van der Waals surface area contributed by atoms with Gasteiger partial charge < -0.3 is 14.6 Å². The number of fused-ring (bicyclic) bond motifs is 2. The van der Waals surface area contributed by atoms with Gasteiger partial charge in [0.05, 0.1) is 36.0 Å². The number of piperazine rings is 1. The first-order chi connectivity index (χ1) is 16.0. The lowest BCUT2D eigenvalue weighted by atomic mass is 9.95. The number of pyridine rings is 2. The van der Waals surface area contributed by atoms with Gasteiger partial charge in [0.1, 0.15) is 12.1 Å². The van der Waals surface area contributed by atoms with Crippen LogP contribution in [0.4, 0.5) is 5.82 Å². The molecule has 0 bridgehead atoms. The Bertz CT molecular complexity index is 1330. The van der Waals surface area contributed by atoms with Crippen molar-refractivity contribution in [3.63, 3.8) is 0 Å². The summed E-state index contributed by atoms with van der Waals surface area (Å²) < 4.78 is 7.25. The van der Waals surface area contributed by atoms with Gasteiger partial charge in [-0.25, -0.2) is 14.5 Å². The first-order valence-corrected chi connectivity index (χ1v) is 11.9. The number of nitrogens with one attached hydrogen (secondary N) is 1. The molecule has 8 nitrogen and oxygen atoms in total. The van der Waals surface area contributed by atoms with Crippen LogP contribution in [0.5, 0.6) is 0 Å². The molecule has 6 rings (SSSR count). The van der Waals surface area contributed by atoms with Crippen molar-refractivity contribution in [1.82, 2.24) is 29.5 Å². The molecule has 0 saturated carbocycles. The molecule has 0 aromatic carbocycles. The zero-order chi connectivity index (χ0) is 22.7. The van der Waals surface area contributed by atoms with E-state index in [1.807, 2.05) is 4.52 Å². The van der Waals surface area contributed by atoms with E-state index in [0.29, 0.717) is 12.0 Å². The van der Waals surface area contributed by atoms with Gasteiger partial charge >= 0.3 is 0 Å². The molecule has 0 amide bonds. The zero-order valence-electron chi connectivity index (χ0n) is 19.8. The van der Waals surface area contributed by atoms with E-state index in [4.69, 9.17) is 9.72 Å². The van der Waals surface area contributed by atoms with Gasteiger partial charge in [0.25, 0.3) is 0 Å². The molecule has 2 saturated heterocycles. The quantitative estimate of drug-likeness (QED) is 0.518. The third-order valence-electron chi connectivity index (χ3n) is 7.41. The topological polar surface area (TPSA) is 74.6 Å². The van der Waals surface area contributed by atoms with Gasteiger partial charge in [-0.2, -0.15) is 5.10 Å². The van der Waals surface area contributed by atoms with Crippen LogP contribution in [0.1, 0.15) is 36.5 Å². The summed E-state index contributed by atoms with van der Waals surface area (Å²) in [5.41, 5.74) is 9.00. The van der Waals surface area contributed by atoms with Gasteiger partial charge in [-0.1, -0.05) is 13.8 Å². The van der Waals surface area contributed by atoms with Crippen molar-refractivity contribution < 1.29 is 4.74 Å². The van der Waals surface area contributed by atoms with Crippen molar-refractivity contribution in [2.45, 2.75) is 39.7 Å². The highest BCUT2D eigenvalue weighted by atomic mass is 16.5. The van der Waals surface area contributed by atoms with Gasteiger partial charge in [0.2, 0.25) is 0 Å². The summed E-state index contributed by atoms with van der Waals surface area (Å²) in [6.45, 7) is 14.7. The predicted octanol–water partition coefficient (Wildman–Crippen LogP) is 3.53. The standard InChI is InChI=1S/C25H31N7O/c1-15(2)22-23(19-11-32-25(26-14-27-32)17(4)16(19)3)28-20-5-6-21(29-24(20)22)31-9-7-30(8-10-31)18-12-33-13-18/h5-6,11,14-15,18,28H,7-10,12-13H2,1-4H3. The van der Waals surface area contributed by atoms with E-state index < -0.39 is 0 Å². The maximum absolute atomic E-state index is 5.38. The van der Waals surface area contributed by atoms with Gasteiger partial charge in [0, 0.05) is 43.5 Å². The highest BCUT2D eigenvalue weighted by Gasteiger charge is 2.29. The summed E-state index contributed by atoms with van der Waals surface area (Å²) in [5.74, 6) is 1.40. The molecule has 4 aromatic rings. The molecule has 1 N–H and O–H groups in total. The summed E-state index contributed by atoms with van der Waals surface area (Å²) in [5, 5.41) is 4.40. The van der Waals surface area contributed by atoms with Crippen LogP contribution in [0.15, 0.2) is 24.7 Å². The fraction of sp³-hybridized carbons (Fsp3) is 0.480. The first-order valence-electron chi connectivity index (χ1n) is 11.9. The van der Waals surface area contributed by atoms with Gasteiger partial charge in [-0.15, -0.1) is 0 Å². The van der Waals surface area contributed by atoms with E-state index in [1.54, 1.807) is 6.33 Å². The average molecular weight is 446 g/mol. The van der Waals surface area contributed by atoms with Crippen molar-refractivity contribution in [2.24, 2.45) is 0 Å². The molecular weight excluding hydrogens is 414 g/mol. The number of aromatic amines is 1. The smallest absolute Gasteiger partial charge is 0.158 e. The van der Waals surface area contributed by atoms with E-state index in [-0.39, 0.29) is 0 Å². The van der Waals surface area contributed by atoms with Crippen LogP contribution in [0.2, 0.25) is 0 Å². The minimum atomic E-state index is 0.332. The molecule has 2 fully saturated rings. The molecular formula is C25H31N7O. The minimum absolute atomic E-state index is 0.332. The van der Waals surface area contributed by atoms with E-state index >= 15 is 0 Å². The monoisotopic (exact) mass is 445 g/mol. The number of hydrogen-bond donors (Lipinski definition) is 1. The van der Waals surface area contributed by atoms with Crippen molar-refractivity contribution in [2.75, 3.05) is 44.3 Å². The van der Waals surface area contributed by atoms with Gasteiger partial charge in [-0.3, -0.25) is 4.90 Å². The molecule has 6 heterocycles. The zero-order valence-corrected chi connectivity index (χ0v) is 19.8. The minimum Gasteiger partial charge on any atom is -0.378 e. The fourth-order valence-electron chi connectivity index (χ4n) is 5.23. The van der Waals surface area contributed by atoms with Crippen LogP contribution in [0.25, 0.3) is 27.9 Å². The second kappa shape index (κ2) is 7.81. The van der Waals surface area contributed by atoms with Crippen LogP contribution < -0.4 is 4.90 Å². The second-order valence-electron chi connectivity index (χ2n) is 9.67. The van der Waals surface area contributed by atoms with E-state index in [2.05, 4.69) is 70.9 Å². The van der Waals surface area contributed by atoms with Crippen LogP contribution in [0, 0.1) is 13.8 Å². The van der Waals surface area contributed by atoms with E-state index in [9.17, 15) is 0 Å². The summed E-state index contributed by atoms with van der Waals surface area (Å²) in [7, 11) is 0. The van der Waals surface area contributed by atoms with Crippen LogP contribution >= 0.6 is 0 Å². The number of hydrogen-bond acceptors (Lipinski definition) is 6. The van der Waals surface area contributed by atoms with Crippen LogP contribution in [-0.4, -0.2) is 74.9 Å². The lowest BCUT2D eigenvalue weighted by Gasteiger charge is -2.42. The van der Waals surface area contributed by atoms with Crippen LogP contribution in [-0.2, 0) is 4.74 Å². The van der Waals surface area contributed by atoms with Crippen molar-refractivity contribution in [3.05, 3.63) is 41.3 Å². The fourth-order valence-corrected chi connectivity index (χ4v) is 5.23. The van der Waals surface area contributed by atoms with Gasteiger partial charge in [0.15, 0.2) is 5.65 Å². The molecule has 0 radical (unpaired) electrons. The second-order valence-corrected chi connectivity index (χ2v) is 9.67. The number of rotatable bonds is 4. The maximum atomic E-state index is 5.38. The molecule has 0 aliphatic carbocycles. The summed E-state index contributed by atoms with van der Waals surface area (Å²) in [6.07, 6.45) is 3.71. The number of anilines is 1. The Hall–Kier alpha value is -2.97. The van der Waals surface area contributed by atoms with Crippen molar-refractivity contribution in [3.8, 4) is 11.3 Å². The molecule has 172 valence electrons. The number of H-pyrrole nitrogens is 1. The summed E-state index contributed by atoms with van der Waals surface area (Å²) in [6, 6.07) is 4.96. The lowest BCUT2D eigenvalue weighted by molar-refractivity contribution is -0.0660. The molecule has 0 atom stereocenters. The lowest BCUT2D eigenvalue weighted by Crippen LogP contribution is -2.56. The molecule has 4 aromatic heterocycles. The Morgan fingerprint density at radius 3 is 2.55 bits per heavy atom. The summed E-state index contributed by atoms with van der Waals surface area (Å²) in [4.78, 5) is 18.3. The normalized spacial score (nSPS) is 18.0. The third kappa shape index (κ3) is 3.31. The number of nitrogens with zero attached hydrogens (tertiary/aromatic N) is 6. The van der Waals surface area contributed by atoms with Crippen molar-refractivity contribution >= 4 is 22.5 Å². The molecule has 2 aliphatic rings. The molecule has 2 aliphatic heterocycles. The SMILES string of the molecule is Cc1c(-c2[nH]c3ccc(N4CCN(C5COC5)CC4)nc3c2C(C)C)cn2ncnc2c1C. The highest BCUT2D eigenvalue weighted by molar-refractivity contribution is 5.90. The Balaban J connectivity index is 1.40. The maximum Gasteiger partial charge on any atom is 0.158 e. The van der Waals surface area contributed by atoms with Gasteiger partial charge in [-0.05, 0) is 43.0 Å². The Kier molecular flexibility index (Phi) is 4.88. The Morgan fingerprint density at radius 2 is 1.85 bits per heavy atom. The Labute approximate surface area is 193 Å². The molecule has 0 spiro atoms. The Morgan fingerprint density at radius 1 is 1.06 bits per heavy atom. The molecule has 8 heteroatoms. The van der Waals surface area contributed by atoms with E-state index in [1.165, 1.54) is 11.1 Å². The highest BCUT2D eigenvalue weighted by Crippen LogP contribution is 2.38. The first kappa shape index (κ1) is 20.6. The number of aromatic nitrogens is 5. The number of aryl methyl sites for hydroxylation is 1. The van der Waals surface area contributed by atoms with Crippen LogP contribution in [0.3, 0.4) is 0 Å². The van der Waals surface area contributed by atoms with Crippen molar-refractivity contribution in [1.29, 1.82) is 0 Å². The number of ether oxygens (including phenoxy) is 1. The largest absolute Gasteiger partial charge is 0.378 e.